The lowest BCUT2D eigenvalue weighted by atomic mass is 10.2. The Morgan fingerprint density at radius 1 is 1.28 bits per heavy atom. The van der Waals surface area contributed by atoms with E-state index in [9.17, 15) is 0 Å². The van der Waals surface area contributed by atoms with Crippen LogP contribution in [0.15, 0.2) is 35.1 Å². The first-order valence-corrected chi connectivity index (χ1v) is 6.34. The summed E-state index contributed by atoms with van der Waals surface area (Å²) in [6.45, 7) is 1.71. The number of hydrogen-bond donors (Lipinski definition) is 0. The maximum atomic E-state index is 5.35. The summed E-state index contributed by atoms with van der Waals surface area (Å²) >= 11 is 0. The number of pyridine rings is 1. The van der Waals surface area contributed by atoms with E-state index >= 15 is 0 Å². The second-order valence-electron chi connectivity index (χ2n) is 5.02. The molecule has 0 radical (unpaired) electrons. The van der Waals surface area contributed by atoms with Gasteiger partial charge >= 0.3 is 0 Å². The van der Waals surface area contributed by atoms with Crippen LogP contribution in [0.5, 0.6) is 0 Å². The maximum absolute atomic E-state index is 5.35. The molecule has 18 heavy (non-hydrogen) atoms. The minimum atomic E-state index is 0.636. The monoisotopic (exact) mass is 243 g/mol. The first-order chi connectivity index (χ1) is 8.81. The normalized spacial score (nSPS) is 15.2. The molecule has 1 fully saturated rings. The van der Waals surface area contributed by atoms with Crippen molar-refractivity contribution in [2.24, 2.45) is 0 Å². The maximum Gasteiger partial charge on any atom is 0.140 e. The lowest BCUT2D eigenvalue weighted by molar-refractivity contribution is 0.301. The molecule has 3 rings (SSSR count). The van der Waals surface area contributed by atoms with Gasteiger partial charge in [0.1, 0.15) is 5.76 Å². The van der Waals surface area contributed by atoms with E-state index in [-0.39, 0.29) is 0 Å². The molecule has 2 aromatic heterocycles. The highest BCUT2D eigenvalue weighted by Gasteiger charge is 2.27. The minimum absolute atomic E-state index is 0.636. The number of rotatable bonds is 5. The van der Waals surface area contributed by atoms with Crippen LogP contribution in [0.2, 0.25) is 0 Å². The van der Waals surface area contributed by atoms with Gasteiger partial charge in [0, 0.05) is 37.5 Å². The van der Waals surface area contributed by atoms with Crippen LogP contribution >= 0.6 is 0 Å². The van der Waals surface area contributed by atoms with Gasteiger partial charge in [-0.25, -0.2) is 0 Å². The highest BCUT2D eigenvalue weighted by Crippen LogP contribution is 2.40. The molecule has 0 bridgehead atoms. The van der Waals surface area contributed by atoms with Crippen molar-refractivity contribution in [3.63, 3.8) is 0 Å². The first kappa shape index (κ1) is 11.4. The van der Waals surface area contributed by atoms with Crippen molar-refractivity contribution in [2.45, 2.75) is 31.8 Å². The van der Waals surface area contributed by atoms with E-state index in [0.29, 0.717) is 5.92 Å². The Kier molecular flexibility index (Phi) is 3.11. The lowest BCUT2D eigenvalue weighted by Crippen LogP contribution is -2.17. The van der Waals surface area contributed by atoms with E-state index in [2.05, 4.69) is 28.2 Å². The zero-order valence-electron chi connectivity index (χ0n) is 10.5. The van der Waals surface area contributed by atoms with Crippen molar-refractivity contribution in [1.29, 1.82) is 0 Å². The van der Waals surface area contributed by atoms with E-state index in [0.717, 1.165) is 24.5 Å². The fourth-order valence-electron chi connectivity index (χ4n) is 2.10. The largest absolute Gasteiger partial charge is 0.361 e. The minimum Gasteiger partial charge on any atom is -0.361 e. The summed E-state index contributed by atoms with van der Waals surface area (Å²) in [5.41, 5.74) is 2.28. The Bertz CT molecular complexity index is 505. The van der Waals surface area contributed by atoms with Gasteiger partial charge in [0.15, 0.2) is 0 Å². The zero-order valence-corrected chi connectivity index (χ0v) is 10.5. The van der Waals surface area contributed by atoms with E-state index in [1.165, 1.54) is 18.4 Å². The molecule has 4 nitrogen and oxygen atoms in total. The molecule has 0 spiro atoms. The first-order valence-electron chi connectivity index (χ1n) is 6.34. The smallest absolute Gasteiger partial charge is 0.140 e. The van der Waals surface area contributed by atoms with Crippen LogP contribution in [0.3, 0.4) is 0 Å². The molecule has 0 amide bonds. The average molecular weight is 243 g/mol. The second-order valence-corrected chi connectivity index (χ2v) is 5.02. The highest BCUT2D eigenvalue weighted by molar-refractivity contribution is 5.15. The molecule has 0 aromatic carbocycles. The van der Waals surface area contributed by atoms with Gasteiger partial charge in [-0.1, -0.05) is 5.16 Å². The fraction of sp³-hybridized carbons (Fsp3) is 0.429. The quantitative estimate of drug-likeness (QED) is 0.809. The molecule has 0 saturated heterocycles. The van der Waals surface area contributed by atoms with Crippen LogP contribution in [0.25, 0.3) is 0 Å². The van der Waals surface area contributed by atoms with Gasteiger partial charge < -0.3 is 4.52 Å². The number of nitrogens with zero attached hydrogens (tertiary/aromatic N) is 3. The Morgan fingerprint density at radius 3 is 2.78 bits per heavy atom. The average Bonchev–Trinajstić information content (AvgIpc) is 3.12. The van der Waals surface area contributed by atoms with Gasteiger partial charge in [-0.2, -0.15) is 0 Å². The summed E-state index contributed by atoms with van der Waals surface area (Å²) < 4.78 is 5.35. The Labute approximate surface area is 107 Å². The number of hydrogen-bond acceptors (Lipinski definition) is 4. The Balaban J connectivity index is 1.58. The van der Waals surface area contributed by atoms with Gasteiger partial charge in [0.25, 0.3) is 0 Å². The van der Waals surface area contributed by atoms with Gasteiger partial charge in [-0.3, -0.25) is 9.88 Å². The standard InChI is InChI=1S/C14H17N3O/c1-17(9-11-4-6-15-7-5-11)10-13-8-14(18-16-13)12-2-3-12/h4-8,12H,2-3,9-10H2,1H3. The van der Waals surface area contributed by atoms with Crippen molar-refractivity contribution in [3.8, 4) is 0 Å². The summed E-state index contributed by atoms with van der Waals surface area (Å²) in [5, 5.41) is 4.13. The molecule has 2 aromatic rings. The lowest BCUT2D eigenvalue weighted by Gasteiger charge is -2.14. The SMILES string of the molecule is CN(Cc1ccncc1)Cc1cc(C2CC2)on1. The molecule has 0 aliphatic heterocycles. The number of aromatic nitrogens is 2. The van der Waals surface area contributed by atoms with E-state index < -0.39 is 0 Å². The predicted octanol–water partition coefficient (Wildman–Crippen LogP) is 2.58. The van der Waals surface area contributed by atoms with Crippen molar-refractivity contribution in [2.75, 3.05) is 7.05 Å². The zero-order chi connectivity index (χ0) is 12.4. The molecule has 1 aliphatic carbocycles. The van der Waals surface area contributed by atoms with Crippen LogP contribution in [0, 0.1) is 0 Å². The summed E-state index contributed by atoms with van der Waals surface area (Å²) in [5.74, 6) is 1.69. The van der Waals surface area contributed by atoms with Crippen LogP contribution in [0.1, 0.15) is 35.8 Å². The van der Waals surface area contributed by atoms with Crippen molar-refractivity contribution < 1.29 is 4.52 Å². The molecule has 4 heteroatoms. The molecule has 0 unspecified atom stereocenters. The third-order valence-corrected chi connectivity index (χ3v) is 3.19. The molecule has 0 N–H and O–H groups in total. The summed E-state index contributed by atoms with van der Waals surface area (Å²) in [6.07, 6.45) is 6.15. The van der Waals surface area contributed by atoms with E-state index in [1.807, 2.05) is 24.5 Å². The fourth-order valence-corrected chi connectivity index (χ4v) is 2.10. The molecular formula is C14H17N3O. The van der Waals surface area contributed by atoms with Crippen molar-refractivity contribution in [1.82, 2.24) is 15.0 Å². The van der Waals surface area contributed by atoms with Crippen LogP contribution in [-0.4, -0.2) is 22.1 Å². The van der Waals surface area contributed by atoms with Gasteiger partial charge in [0.2, 0.25) is 0 Å². The van der Waals surface area contributed by atoms with Gasteiger partial charge in [-0.15, -0.1) is 0 Å². The Hall–Kier alpha value is -1.68. The summed E-state index contributed by atoms with van der Waals surface area (Å²) in [6, 6.07) is 6.17. The molecule has 2 heterocycles. The van der Waals surface area contributed by atoms with E-state index in [4.69, 9.17) is 4.52 Å². The molecule has 1 aliphatic rings. The van der Waals surface area contributed by atoms with Crippen LogP contribution in [0.4, 0.5) is 0 Å². The van der Waals surface area contributed by atoms with Gasteiger partial charge in [0.05, 0.1) is 5.69 Å². The summed E-state index contributed by atoms with van der Waals surface area (Å²) in [4.78, 5) is 6.25. The van der Waals surface area contributed by atoms with Crippen molar-refractivity contribution in [3.05, 3.63) is 47.6 Å². The predicted molar refractivity (Wildman–Crippen MR) is 67.9 cm³/mol. The van der Waals surface area contributed by atoms with Gasteiger partial charge in [-0.05, 0) is 37.6 Å². The topological polar surface area (TPSA) is 42.2 Å². The van der Waals surface area contributed by atoms with Crippen LogP contribution < -0.4 is 0 Å². The van der Waals surface area contributed by atoms with Crippen LogP contribution in [-0.2, 0) is 13.1 Å². The third-order valence-electron chi connectivity index (χ3n) is 3.19. The molecule has 94 valence electrons. The van der Waals surface area contributed by atoms with Crippen molar-refractivity contribution >= 4 is 0 Å². The molecule has 0 atom stereocenters. The van der Waals surface area contributed by atoms with E-state index in [1.54, 1.807) is 0 Å². The Morgan fingerprint density at radius 2 is 2.06 bits per heavy atom. The second kappa shape index (κ2) is 4.90. The molecule has 1 saturated carbocycles. The summed E-state index contributed by atoms with van der Waals surface area (Å²) in [7, 11) is 2.09. The third kappa shape index (κ3) is 2.76. The molecular weight excluding hydrogens is 226 g/mol. The highest BCUT2D eigenvalue weighted by atomic mass is 16.5.